The minimum atomic E-state index is -0.574. The van der Waals surface area contributed by atoms with Crippen LogP contribution in [0.5, 0.6) is 0 Å². The van der Waals surface area contributed by atoms with Gasteiger partial charge in [0.2, 0.25) is 5.76 Å². The summed E-state index contributed by atoms with van der Waals surface area (Å²) in [5.74, 6) is -0.386. The Kier molecular flexibility index (Phi) is 4.03. The quantitative estimate of drug-likeness (QED) is 0.737. The third-order valence-corrected chi connectivity index (χ3v) is 3.26. The molecule has 23 heavy (non-hydrogen) atoms. The SMILES string of the molecule is COC(=O)c1ccc(CNC(=O)c2ccc3nc(Cl)oc3c2)o1. The van der Waals surface area contributed by atoms with Gasteiger partial charge in [0, 0.05) is 5.56 Å². The molecule has 0 aliphatic rings. The molecule has 2 heterocycles. The van der Waals surface area contributed by atoms with Gasteiger partial charge in [-0.3, -0.25) is 4.79 Å². The average Bonchev–Trinajstić information content (AvgIpc) is 3.16. The van der Waals surface area contributed by atoms with Crippen LogP contribution >= 0.6 is 11.6 Å². The van der Waals surface area contributed by atoms with Crippen LogP contribution in [-0.4, -0.2) is 24.0 Å². The number of rotatable bonds is 4. The predicted octanol–water partition coefficient (Wildman–Crippen LogP) is 2.79. The Morgan fingerprint density at radius 3 is 2.87 bits per heavy atom. The van der Waals surface area contributed by atoms with Crippen LogP contribution in [0.25, 0.3) is 11.1 Å². The van der Waals surface area contributed by atoms with E-state index in [9.17, 15) is 9.59 Å². The number of methoxy groups -OCH3 is 1. The molecule has 1 N–H and O–H groups in total. The molecular formula is C15H11ClN2O5. The van der Waals surface area contributed by atoms with Crippen LogP contribution in [0.15, 0.2) is 39.2 Å². The zero-order valence-corrected chi connectivity index (χ0v) is 12.7. The number of fused-ring (bicyclic) bond motifs is 1. The summed E-state index contributed by atoms with van der Waals surface area (Å²) in [6.07, 6.45) is 0. The summed E-state index contributed by atoms with van der Waals surface area (Å²) in [5.41, 5.74) is 1.39. The van der Waals surface area contributed by atoms with Gasteiger partial charge in [-0.15, -0.1) is 0 Å². The van der Waals surface area contributed by atoms with E-state index in [0.29, 0.717) is 22.4 Å². The summed E-state index contributed by atoms with van der Waals surface area (Å²) >= 11 is 5.67. The van der Waals surface area contributed by atoms with E-state index < -0.39 is 5.97 Å². The number of benzene rings is 1. The maximum atomic E-state index is 12.1. The van der Waals surface area contributed by atoms with Gasteiger partial charge in [-0.2, -0.15) is 4.98 Å². The van der Waals surface area contributed by atoms with E-state index in [1.165, 1.54) is 13.2 Å². The maximum absolute atomic E-state index is 12.1. The Hall–Kier alpha value is -2.80. The van der Waals surface area contributed by atoms with E-state index in [1.807, 2.05) is 0 Å². The minimum Gasteiger partial charge on any atom is -0.463 e. The highest BCUT2D eigenvalue weighted by atomic mass is 35.5. The number of ether oxygens (including phenoxy) is 1. The van der Waals surface area contributed by atoms with Crippen molar-refractivity contribution in [2.75, 3.05) is 7.11 Å². The number of furan rings is 1. The summed E-state index contributed by atoms with van der Waals surface area (Å²) in [5, 5.41) is 2.69. The summed E-state index contributed by atoms with van der Waals surface area (Å²) in [6, 6.07) is 7.87. The molecule has 0 radical (unpaired) electrons. The van der Waals surface area contributed by atoms with Gasteiger partial charge in [-0.25, -0.2) is 4.79 Å². The predicted molar refractivity (Wildman–Crippen MR) is 80.2 cm³/mol. The highest BCUT2D eigenvalue weighted by molar-refractivity contribution is 6.28. The van der Waals surface area contributed by atoms with Gasteiger partial charge < -0.3 is 18.9 Å². The van der Waals surface area contributed by atoms with E-state index in [-0.39, 0.29) is 23.6 Å². The van der Waals surface area contributed by atoms with E-state index >= 15 is 0 Å². The van der Waals surface area contributed by atoms with Crippen LogP contribution in [0.4, 0.5) is 0 Å². The lowest BCUT2D eigenvalue weighted by Gasteiger charge is -2.03. The number of aromatic nitrogens is 1. The minimum absolute atomic E-state index is 0.0171. The fourth-order valence-corrected chi connectivity index (χ4v) is 2.16. The van der Waals surface area contributed by atoms with E-state index in [4.69, 9.17) is 20.4 Å². The van der Waals surface area contributed by atoms with Crippen LogP contribution in [0.2, 0.25) is 5.35 Å². The van der Waals surface area contributed by atoms with Crippen molar-refractivity contribution in [3.8, 4) is 0 Å². The van der Waals surface area contributed by atoms with E-state index in [1.54, 1.807) is 24.3 Å². The number of carbonyl (C=O) groups excluding carboxylic acids is 2. The third kappa shape index (κ3) is 3.19. The first-order valence-corrected chi connectivity index (χ1v) is 6.96. The largest absolute Gasteiger partial charge is 0.463 e. The van der Waals surface area contributed by atoms with Gasteiger partial charge in [0.05, 0.1) is 13.7 Å². The second-order valence-electron chi connectivity index (χ2n) is 4.59. The number of halogens is 1. The zero-order valence-electron chi connectivity index (χ0n) is 12.0. The Morgan fingerprint density at radius 1 is 1.26 bits per heavy atom. The molecule has 2 aromatic heterocycles. The molecule has 3 aromatic rings. The lowest BCUT2D eigenvalue weighted by molar-refractivity contribution is 0.0563. The third-order valence-electron chi connectivity index (χ3n) is 3.10. The van der Waals surface area contributed by atoms with Crippen molar-refractivity contribution in [2.45, 2.75) is 6.54 Å². The second-order valence-corrected chi connectivity index (χ2v) is 4.91. The summed E-state index contributed by atoms with van der Waals surface area (Å²) < 4.78 is 15.0. The topological polar surface area (TPSA) is 94.6 Å². The zero-order chi connectivity index (χ0) is 16.4. The molecule has 118 valence electrons. The second kappa shape index (κ2) is 6.13. The molecule has 0 atom stereocenters. The number of carbonyl (C=O) groups is 2. The van der Waals surface area contributed by atoms with E-state index in [2.05, 4.69) is 15.0 Å². The van der Waals surface area contributed by atoms with Gasteiger partial charge in [-0.05, 0) is 41.9 Å². The number of amides is 1. The highest BCUT2D eigenvalue weighted by Crippen LogP contribution is 2.20. The standard InChI is InChI=1S/C15H11ClN2O5/c1-21-14(20)11-5-3-9(22-11)7-17-13(19)8-2-4-10-12(6-8)23-15(16)18-10/h2-6H,7H2,1H3,(H,17,19). The van der Waals surface area contributed by atoms with Gasteiger partial charge in [0.1, 0.15) is 11.3 Å². The summed E-state index contributed by atoms with van der Waals surface area (Å²) in [7, 11) is 1.26. The molecule has 0 aliphatic carbocycles. The van der Waals surface area contributed by atoms with Crippen LogP contribution in [0.3, 0.4) is 0 Å². The smallest absolute Gasteiger partial charge is 0.373 e. The fourth-order valence-electron chi connectivity index (χ4n) is 1.99. The van der Waals surface area contributed by atoms with Crippen molar-refractivity contribution in [1.29, 1.82) is 0 Å². The molecule has 0 spiro atoms. The Labute approximate surface area is 135 Å². The number of nitrogens with one attached hydrogen (secondary N) is 1. The first kappa shape index (κ1) is 15.1. The number of hydrogen-bond donors (Lipinski definition) is 1. The number of oxazole rings is 1. The number of hydrogen-bond acceptors (Lipinski definition) is 6. The van der Waals surface area contributed by atoms with Crippen LogP contribution < -0.4 is 5.32 Å². The maximum Gasteiger partial charge on any atom is 0.373 e. The molecule has 8 heteroatoms. The average molecular weight is 335 g/mol. The summed E-state index contributed by atoms with van der Waals surface area (Å²) in [4.78, 5) is 27.4. The van der Waals surface area contributed by atoms with Crippen molar-refractivity contribution in [2.24, 2.45) is 0 Å². The van der Waals surface area contributed by atoms with Crippen molar-refractivity contribution in [3.63, 3.8) is 0 Å². The van der Waals surface area contributed by atoms with Gasteiger partial charge in [0.15, 0.2) is 5.58 Å². The van der Waals surface area contributed by atoms with Crippen LogP contribution in [0, 0.1) is 0 Å². The van der Waals surface area contributed by atoms with E-state index in [0.717, 1.165) is 0 Å². The normalized spacial score (nSPS) is 10.7. The Bertz CT molecular complexity index is 883. The number of nitrogens with zero attached hydrogens (tertiary/aromatic N) is 1. The van der Waals surface area contributed by atoms with Gasteiger partial charge >= 0.3 is 5.97 Å². The van der Waals surface area contributed by atoms with Crippen molar-refractivity contribution in [1.82, 2.24) is 10.3 Å². The first-order chi connectivity index (χ1) is 11.1. The van der Waals surface area contributed by atoms with Crippen LogP contribution in [-0.2, 0) is 11.3 Å². The Balaban J connectivity index is 1.68. The Morgan fingerprint density at radius 2 is 2.09 bits per heavy atom. The molecule has 3 rings (SSSR count). The molecule has 1 amide bonds. The van der Waals surface area contributed by atoms with Crippen molar-refractivity contribution >= 4 is 34.6 Å². The highest BCUT2D eigenvalue weighted by Gasteiger charge is 2.13. The van der Waals surface area contributed by atoms with Crippen molar-refractivity contribution < 1.29 is 23.2 Å². The van der Waals surface area contributed by atoms with Gasteiger partial charge in [0.25, 0.3) is 11.3 Å². The first-order valence-electron chi connectivity index (χ1n) is 6.58. The molecule has 1 aromatic carbocycles. The lowest BCUT2D eigenvalue weighted by Crippen LogP contribution is -2.22. The molecule has 0 saturated heterocycles. The lowest BCUT2D eigenvalue weighted by atomic mass is 10.2. The van der Waals surface area contributed by atoms with Gasteiger partial charge in [-0.1, -0.05) is 0 Å². The molecule has 0 bridgehead atoms. The molecule has 0 aliphatic heterocycles. The fraction of sp³-hybridized carbons (Fsp3) is 0.133. The monoisotopic (exact) mass is 334 g/mol. The summed E-state index contributed by atoms with van der Waals surface area (Å²) in [6.45, 7) is 0.130. The molecule has 0 unspecified atom stereocenters. The van der Waals surface area contributed by atoms with Crippen LogP contribution in [0.1, 0.15) is 26.7 Å². The molecule has 7 nitrogen and oxygen atoms in total. The number of esters is 1. The molecular weight excluding hydrogens is 324 g/mol. The van der Waals surface area contributed by atoms with Crippen molar-refractivity contribution in [3.05, 3.63) is 52.8 Å². The molecule has 0 fully saturated rings. The molecule has 0 saturated carbocycles.